The van der Waals surface area contributed by atoms with Crippen molar-refractivity contribution in [2.24, 2.45) is 0 Å². The molecule has 7 heteroatoms. The molecule has 0 aromatic carbocycles. The van der Waals surface area contributed by atoms with E-state index in [-0.39, 0.29) is 17.1 Å². The molecule has 7 nitrogen and oxygen atoms in total. The van der Waals surface area contributed by atoms with Gasteiger partial charge in [0.1, 0.15) is 0 Å². The van der Waals surface area contributed by atoms with E-state index >= 15 is 0 Å². The molecule has 88 valence electrons. The Bertz CT molecular complexity index is 409. The van der Waals surface area contributed by atoms with Gasteiger partial charge in [-0.05, 0) is 13.8 Å². The lowest BCUT2D eigenvalue weighted by Crippen LogP contribution is -2.31. The number of nitro groups is 1. The number of rotatable bonds is 4. The molecule has 0 saturated carbocycles. The third kappa shape index (κ3) is 2.02. The Morgan fingerprint density at radius 3 is 2.50 bits per heavy atom. The standard InChI is InChI=1S/C9H13N3O4/c1-4-11(5-2)9(13)7-8(12(14)15)6(3)16-10-7/h4-5H2,1-3H3. The van der Waals surface area contributed by atoms with Crippen LogP contribution in [-0.4, -0.2) is 34.0 Å². The van der Waals surface area contributed by atoms with E-state index < -0.39 is 10.8 Å². The second-order valence-corrected chi connectivity index (χ2v) is 3.17. The van der Waals surface area contributed by atoms with E-state index in [0.29, 0.717) is 13.1 Å². The van der Waals surface area contributed by atoms with Gasteiger partial charge in [0.2, 0.25) is 11.5 Å². The van der Waals surface area contributed by atoms with Crippen LogP contribution in [0.1, 0.15) is 30.1 Å². The third-order valence-corrected chi connectivity index (χ3v) is 2.27. The van der Waals surface area contributed by atoms with Crippen molar-refractivity contribution in [1.29, 1.82) is 0 Å². The summed E-state index contributed by atoms with van der Waals surface area (Å²) in [6.45, 7) is 5.93. The molecule has 1 aromatic rings. The van der Waals surface area contributed by atoms with Gasteiger partial charge in [0.25, 0.3) is 5.91 Å². The van der Waals surface area contributed by atoms with E-state index in [2.05, 4.69) is 9.68 Å². The second kappa shape index (κ2) is 4.73. The van der Waals surface area contributed by atoms with Crippen molar-refractivity contribution >= 4 is 11.6 Å². The van der Waals surface area contributed by atoms with Crippen LogP contribution in [0.5, 0.6) is 0 Å². The molecule has 1 aromatic heterocycles. The zero-order valence-corrected chi connectivity index (χ0v) is 9.39. The van der Waals surface area contributed by atoms with Gasteiger partial charge in [0, 0.05) is 20.0 Å². The van der Waals surface area contributed by atoms with Gasteiger partial charge in [-0.3, -0.25) is 14.9 Å². The summed E-state index contributed by atoms with van der Waals surface area (Å²) in [6.07, 6.45) is 0. The van der Waals surface area contributed by atoms with Crippen LogP contribution < -0.4 is 0 Å². The summed E-state index contributed by atoms with van der Waals surface area (Å²) >= 11 is 0. The molecule has 0 N–H and O–H groups in total. The Kier molecular flexibility index (Phi) is 3.60. The molecule has 0 radical (unpaired) electrons. The third-order valence-electron chi connectivity index (χ3n) is 2.27. The molecule has 0 aliphatic carbocycles. The summed E-state index contributed by atoms with van der Waals surface area (Å²) < 4.78 is 4.68. The van der Waals surface area contributed by atoms with Crippen molar-refractivity contribution in [2.75, 3.05) is 13.1 Å². The van der Waals surface area contributed by atoms with E-state index in [1.54, 1.807) is 13.8 Å². The maximum atomic E-state index is 11.8. The topological polar surface area (TPSA) is 89.5 Å². The van der Waals surface area contributed by atoms with Gasteiger partial charge in [-0.25, -0.2) is 0 Å². The highest BCUT2D eigenvalue weighted by Crippen LogP contribution is 2.23. The largest absolute Gasteiger partial charge is 0.353 e. The summed E-state index contributed by atoms with van der Waals surface area (Å²) in [4.78, 5) is 23.4. The van der Waals surface area contributed by atoms with E-state index in [0.717, 1.165) is 0 Å². The SMILES string of the molecule is CCN(CC)C(=O)c1noc(C)c1[N+](=O)[O-]. The minimum Gasteiger partial charge on any atom is -0.353 e. The van der Waals surface area contributed by atoms with Gasteiger partial charge in [0.15, 0.2) is 0 Å². The summed E-state index contributed by atoms with van der Waals surface area (Å²) in [6, 6.07) is 0. The molecular formula is C9H13N3O4. The maximum absolute atomic E-state index is 11.8. The smallest absolute Gasteiger partial charge is 0.344 e. The van der Waals surface area contributed by atoms with Crippen LogP contribution in [-0.2, 0) is 0 Å². The van der Waals surface area contributed by atoms with Crippen molar-refractivity contribution in [3.63, 3.8) is 0 Å². The van der Waals surface area contributed by atoms with Crippen LogP contribution in [0.3, 0.4) is 0 Å². The van der Waals surface area contributed by atoms with Gasteiger partial charge in [-0.15, -0.1) is 0 Å². The highest BCUT2D eigenvalue weighted by Gasteiger charge is 2.31. The minimum absolute atomic E-state index is 0.0421. The Hall–Kier alpha value is -1.92. The first kappa shape index (κ1) is 12.2. The predicted molar refractivity (Wildman–Crippen MR) is 55.1 cm³/mol. The van der Waals surface area contributed by atoms with Gasteiger partial charge in [-0.2, -0.15) is 0 Å². The molecule has 16 heavy (non-hydrogen) atoms. The molecule has 0 fully saturated rings. The summed E-state index contributed by atoms with van der Waals surface area (Å²) in [5, 5.41) is 14.2. The average Bonchev–Trinajstić information content (AvgIpc) is 2.61. The molecule has 0 atom stereocenters. The van der Waals surface area contributed by atoms with E-state index in [9.17, 15) is 14.9 Å². The first-order valence-electron chi connectivity index (χ1n) is 4.92. The number of carbonyl (C=O) groups is 1. The van der Waals surface area contributed by atoms with Crippen LogP contribution in [0.15, 0.2) is 4.52 Å². The predicted octanol–water partition coefficient (Wildman–Crippen LogP) is 1.37. The Balaban J connectivity index is 3.13. The van der Waals surface area contributed by atoms with Crippen molar-refractivity contribution in [1.82, 2.24) is 10.1 Å². The van der Waals surface area contributed by atoms with Crippen molar-refractivity contribution < 1.29 is 14.2 Å². The van der Waals surface area contributed by atoms with Crippen LogP contribution in [0, 0.1) is 17.0 Å². The zero-order chi connectivity index (χ0) is 12.3. The zero-order valence-electron chi connectivity index (χ0n) is 9.39. The van der Waals surface area contributed by atoms with Crippen molar-refractivity contribution in [2.45, 2.75) is 20.8 Å². The van der Waals surface area contributed by atoms with Gasteiger partial charge in [0.05, 0.1) is 4.92 Å². The fourth-order valence-electron chi connectivity index (χ4n) is 1.38. The highest BCUT2D eigenvalue weighted by atomic mass is 16.6. The van der Waals surface area contributed by atoms with Gasteiger partial charge < -0.3 is 9.42 Å². The molecule has 0 saturated heterocycles. The molecule has 1 amide bonds. The number of hydrogen-bond acceptors (Lipinski definition) is 5. The second-order valence-electron chi connectivity index (χ2n) is 3.17. The van der Waals surface area contributed by atoms with Crippen LogP contribution >= 0.6 is 0 Å². The van der Waals surface area contributed by atoms with E-state index in [4.69, 9.17) is 0 Å². The van der Waals surface area contributed by atoms with Crippen molar-refractivity contribution in [3.05, 3.63) is 21.6 Å². The number of amides is 1. The molecule has 0 aliphatic rings. The molecule has 0 unspecified atom stereocenters. The molecule has 1 rings (SSSR count). The summed E-state index contributed by atoms with van der Waals surface area (Å²) in [5.41, 5.74) is -0.580. The first-order valence-corrected chi connectivity index (χ1v) is 4.92. The highest BCUT2D eigenvalue weighted by molar-refractivity contribution is 5.96. The normalized spacial score (nSPS) is 10.2. The van der Waals surface area contributed by atoms with Crippen LogP contribution in [0.2, 0.25) is 0 Å². The van der Waals surface area contributed by atoms with Crippen LogP contribution in [0.4, 0.5) is 5.69 Å². The summed E-state index contributed by atoms with van der Waals surface area (Å²) in [7, 11) is 0. The lowest BCUT2D eigenvalue weighted by atomic mass is 10.3. The fraction of sp³-hybridized carbons (Fsp3) is 0.556. The average molecular weight is 227 g/mol. The first-order chi connectivity index (χ1) is 7.52. The summed E-state index contributed by atoms with van der Waals surface area (Å²) in [5.74, 6) is -0.436. The maximum Gasteiger partial charge on any atom is 0.344 e. The Labute approximate surface area is 92.2 Å². The quantitative estimate of drug-likeness (QED) is 0.572. The molecular weight excluding hydrogens is 214 g/mol. The Morgan fingerprint density at radius 2 is 2.06 bits per heavy atom. The lowest BCUT2D eigenvalue weighted by Gasteiger charge is -2.16. The van der Waals surface area contributed by atoms with Gasteiger partial charge >= 0.3 is 5.69 Å². The number of nitrogens with zero attached hydrogens (tertiary/aromatic N) is 3. The minimum atomic E-state index is -0.650. The lowest BCUT2D eigenvalue weighted by molar-refractivity contribution is -0.386. The molecule has 0 spiro atoms. The fourth-order valence-corrected chi connectivity index (χ4v) is 1.38. The van der Waals surface area contributed by atoms with E-state index in [1.165, 1.54) is 11.8 Å². The van der Waals surface area contributed by atoms with Gasteiger partial charge in [-0.1, -0.05) is 5.16 Å². The van der Waals surface area contributed by atoms with Crippen molar-refractivity contribution in [3.8, 4) is 0 Å². The monoisotopic (exact) mass is 227 g/mol. The Morgan fingerprint density at radius 1 is 1.50 bits per heavy atom. The van der Waals surface area contributed by atoms with E-state index in [1.807, 2.05) is 0 Å². The molecule has 0 aliphatic heterocycles. The molecule has 1 heterocycles. The number of aryl methyl sites for hydroxylation is 1. The molecule has 0 bridgehead atoms. The number of carbonyl (C=O) groups excluding carboxylic acids is 1. The van der Waals surface area contributed by atoms with Crippen LogP contribution in [0.25, 0.3) is 0 Å². The number of hydrogen-bond donors (Lipinski definition) is 0. The number of aromatic nitrogens is 1.